The predicted octanol–water partition coefficient (Wildman–Crippen LogP) is 1.48. The molecule has 0 amide bonds. The van der Waals surface area contributed by atoms with Crippen molar-refractivity contribution < 1.29 is 13.5 Å². The highest BCUT2D eigenvalue weighted by atomic mass is 19.3. The Morgan fingerprint density at radius 1 is 1.14 bits per heavy atom. The molecule has 0 bridgehead atoms. The monoisotopic (exact) mass is 295 g/mol. The van der Waals surface area contributed by atoms with Crippen LogP contribution in [0.1, 0.15) is 0 Å². The van der Waals surface area contributed by atoms with Crippen molar-refractivity contribution in [1.82, 2.24) is 20.5 Å². The third kappa shape index (κ3) is 3.27. The maximum atomic E-state index is 12.1. The Labute approximate surface area is 120 Å². The van der Waals surface area contributed by atoms with Crippen molar-refractivity contribution in [3.05, 3.63) is 24.3 Å². The summed E-state index contributed by atoms with van der Waals surface area (Å²) in [5.74, 6) is 1.38. The maximum Gasteiger partial charge on any atom is 0.387 e. The van der Waals surface area contributed by atoms with Crippen LogP contribution in [0.2, 0.25) is 0 Å². The molecule has 0 saturated carbocycles. The number of nitrogens with one attached hydrogen (secondary N) is 2. The highest BCUT2D eigenvalue weighted by Gasteiger charge is 2.15. The molecule has 1 fully saturated rings. The van der Waals surface area contributed by atoms with Gasteiger partial charge in [0.15, 0.2) is 5.82 Å². The van der Waals surface area contributed by atoms with Gasteiger partial charge in [-0.15, -0.1) is 5.10 Å². The van der Waals surface area contributed by atoms with E-state index in [4.69, 9.17) is 0 Å². The summed E-state index contributed by atoms with van der Waals surface area (Å²) in [4.78, 5) is 6.53. The SMILES string of the molecule is FC(F)Oc1ccc(-c2nc(N3CCNCC3)n[nH]2)cc1. The summed E-state index contributed by atoms with van der Waals surface area (Å²) in [6.45, 7) is 0.713. The van der Waals surface area contributed by atoms with Crippen molar-refractivity contribution in [2.45, 2.75) is 6.61 Å². The summed E-state index contributed by atoms with van der Waals surface area (Å²) in [6.07, 6.45) is 0. The van der Waals surface area contributed by atoms with Gasteiger partial charge in [-0.1, -0.05) is 0 Å². The van der Waals surface area contributed by atoms with Crippen LogP contribution in [0.15, 0.2) is 24.3 Å². The second-order valence-electron chi connectivity index (χ2n) is 4.62. The number of hydrogen-bond donors (Lipinski definition) is 2. The molecule has 0 radical (unpaired) electrons. The molecule has 1 aromatic heterocycles. The van der Waals surface area contributed by atoms with Gasteiger partial charge in [0.2, 0.25) is 5.95 Å². The van der Waals surface area contributed by atoms with Crippen molar-refractivity contribution in [2.75, 3.05) is 31.1 Å². The normalized spacial score (nSPS) is 15.5. The van der Waals surface area contributed by atoms with Crippen LogP contribution in [0, 0.1) is 0 Å². The zero-order chi connectivity index (χ0) is 14.7. The van der Waals surface area contributed by atoms with Crippen LogP contribution in [-0.2, 0) is 0 Å². The van der Waals surface area contributed by atoms with E-state index >= 15 is 0 Å². The van der Waals surface area contributed by atoms with Gasteiger partial charge < -0.3 is 15.0 Å². The number of nitrogens with zero attached hydrogens (tertiary/aromatic N) is 3. The predicted molar refractivity (Wildman–Crippen MR) is 73.5 cm³/mol. The molecule has 1 aromatic carbocycles. The average molecular weight is 295 g/mol. The fourth-order valence-electron chi connectivity index (χ4n) is 2.18. The van der Waals surface area contributed by atoms with Crippen molar-refractivity contribution >= 4 is 5.95 Å². The van der Waals surface area contributed by atoms with Gasteiger partial charge in [0, 0.05) is 31.7 Å². The van der Waals surface area contributed by atoms with Crippen LogP contribution in [0.25, 0.3) is 11.4 Å². The van der Waals surface area contributed by atoms with E-state index in [-0.39, 0.29) is 5.75 Å². The van der Waals surface area contributed by atoms with Crippen molar-refractivity contribution in [3.8, 4) is 17.1 Å². The van der Waals surface area contributed by atoms with E-state index in [2.05, 4.69) is 30.1 Å². The number of piperazine rings is 1. The summed E-state index contributed by atoms with van der Waals surface area (Å²) in [5.41, 5.74) is 0.769. The summed E-state index contributed by atoms with van der Waals surface area (Å²) >= 11 is 0. The van der Waals surface area contributed by atoms with Crippen molar-refractivity contribution in [2.24, 2.45) is 0 Å². The minimum atomic E-state index is -2.82. The van der Waals surface area contributed by atoms with Crippen molar-refractivity contribution in [1.29, 1.82) is 0 Å². The van der Waals surface area contributed by atoms with E-state index in [9.17, 15) is 8.78 Å². The number of benzene rings is 1. The first kappa shape index (κ1) is 13.7. The lowest BCUT2D eigenvalue weighted by Crippen LogP contribution is -2.44. The summed E-state index contributed by atoms with van der Waals surface area (Å²) in [7, 11) is 0. The Kier molecular flexibility index (Phi) is 3.96. The number of aromatic amines is 1. The first-order chi connectivity index (χ1) is 10.2. The van der Waals surface area contributed by atoms with E-state index in [1.807, 2.05) is 0 Å². The molecule has 2 aromatic rings. The molecule has 0 spiro atoms. The van der Waals surface area contributed by atoms with E-state index in [1.165, 1.54) is 12.1 Å². The van der Waals surface area contributed by atoms with Crippen LogP contribution in [0.3, 0.4) is 0 Å². The number of alkyl halides is 2. The first-order valence-electron chi connectivity index (χ1n) is 6.66. The molecule has 21 heavy (non-hydrogen) atoms. The van der Waals surface area contributed by atoms with Gasteiger partial charge in [-0.3, -0.25) is 5.10 Å². The highest BCUT2D eigenvalue weighted by molar-refractivity contribution is 5.57. The molecule has 8 heteroatoms. The minimum Gasteiger partial charge on any atom is -0.435 e. The van der Waals surface area contributed by atoms with Crippen LogP contribution in [0.5, 0.6) is 5.75 Å². The molecule has 3 rings (SSSR count). The fraction of sp³-hybridized carbons (Fsp3) is 0.385. The molecule has 0 atom stereocenters. The number of anilines is 1. The zero-order valence-corrected chi connectivity index (χ0v) is 11.2. The summed E-state index contributed by atoms with van der Waals surface area (Å²) in [5, 5.41) is 10.3. The van der Waals surface area contributed by atoms with E-state index < -0.39 is 6.61 Å². The topological polar surface area (TPSA) is 66.1 Å². The lowest BCUT2D eigenvalue weighted by atomic mass is 10.2. The molecular formula is C13H15F2N5O. The van der Waals surface area contributed by atoms with Crippen LogP contribution >= 0.6 is 0 Å². The molecule has 0 aliphatic carbocycles. The molecule has 112 valence electrons. The number of halogens is 2. The Morgan fingerprint density at radius 2 is 1.86 bits per heavy atom. The molecule has 1 aliphatic heterocycles. The van der Waals surface area contributed by atoms with Gasteiger partial charge in [-0.2, -0.15) is 13.8 Å². The second kappa shape index (κ2) is 6.04. The van der Waals surface area contributed by atoms with Crippen molar-refractivity contribution in [3.63, 3.8) is 0 Å². The van der Waals surface area contributed by atoms with Gasteiger partial charge in [0.25, 0.3) is 0 Å². The van der Waals surface area contributed by atoms with Gasteiger partial charge >= 0.3 is 6.61 Å². The van der Waals surface area contributed by atoms with Gasteiger partial charge in [0.05, 0.1) is 0 Å². The molecule has 0 unspecified atom stereocenters. The number of ether oxygens (including phenoxy) is 1. The second-order valence-corrected chi connectivity index (χ2v) is 4.62. The lowest BCUT2D eigenvalue weighted by Gasteiger charge is -2.25. The molecule has 1 saturated heterocycles. The molecule has 1 aliphatic rings. The molecular weight excluding hydrogens is 280 g/mol. The number of H-pyrrole nitrogens is 1. The third-order valence-electron chi connectivity index (χ3n) is 3.23. The molecule has 2 heterocycles. The Morgan fingerprint density at radius 3 is 2.52 bits per heavy atom. The number of aromatic nitrogens is 3. The smallest absolute Gasteiger partial charge is 0.387 e. The molecule has 2 N–H and O–H groups in total. The van der Waals surface area contributed by atoms with Crippen LogP contribution < -0.4 is 15.0 Å². The van der Waals surface area contributed by atoms with Crippen LogP contribution in [-0.4, -0.2) is 48.0 Å². The standard InChI is InChI=1S/C13H15F2N5O/c14-12(15)21-10-3-1-9(2-4-10)11-17-13(19-18-11)20-7-5-16-6-8-20/h1-4,12,16H,5-8H2,(H,17,18,19). The molecule has 6 nitrogen and oxygen atoms in total. The van der Waals surface area contributed by atoms with E-state index in [0.717, 1.165) is 31.7 Å². The largest absolute Gasteiger partial charge is 0.435 e. The van der Waals surface area contributed by atoms with Gasteiger partial charge in [-0.25, -0.2) is 0 Å². The maximum absolute atomic E-state index is 12.1. The van der Waals surface area contributed by atoms with Gasteiger partial charge in [0.1, 0.15) is 5.75 Å². The zero-order valence-electron chi connectivity index (χ0n) is 11.2. The Bertz CT molecular complexity index is 581. The average Bonchev–Trinajstić information content (AvgIpc) is 2.98. The Balaban J connectivity index is 1.73. The third-order valence-corrected chi connectivity index (χ3v) is 3.23. The minimum absolute atomic E-state index is 0.121. The van der Waals surface area contributed by atoms with Gasteiger partial charge in [-0.05, 0) is 24.3 Å². The number of hydrogen-bond acceptors (Lipinski definition) is 5. The summed E-state index contributed by atoms with van der Waals surface area (Å²) < 4.78 is 28.5. The Hall–Kier alpha value is -2.22. The lowest BCUT2D eigenvalue weighted by molar-refractivity contribution is -0.0498. The van der Waals surface area contributed by atoms with E-state index in [0.29, 0.717) is 11.8 Å². The van der Waals surface area contributed by atoms with Crippen LogP contribution in [0.4, 0.5) is 14.7 Å². The number of rotatable bonds is 4. The highest BCUT2D eigenvalue weighted by Crippen LogP contribution is 2.22. The fourth-order valence-corrected chi connectivity index (χ4v) is 2.18. The summed E-state index contributed by atoms with van der Waals surface area (Å²) in [6, 6.07) is 6.29. The first-order valence-corrected chi connectivity index (χ1v) is 6.66. The van der Waals surface area contributed by atoms with E-state index in [1.54, 1.807) is 12.1 Å². The quantitative estimate of drug-likeness (QED) is 0.894.